The van der Waals surface area contributed by atoms with Gasteiger partial charge in [0.2, 0.25) is 0 Å². The van der Waals surface area contributed by atoms with Crippen molar-refractivity contribution < 1.29 is 28.6 Å². The molecule has 0 aliphatic rings. The van der Waals surface area contributed by atoms with Gasteiger partial charge in [0, 0.05) is 25.1 Å². The zero-order chi connectivity index (χ0) is 19.7. The molecule has 0 aliphatic heterocycles. The van der Waals surface area contributed by atoms with Crippen molar-refractivity contribution >= 4 is 23.7 Å². The van der Waals surface area contributed by atoms with Crippen LogP contribution in [0, 0.1) is 5.92 Å². The molecule has 1 rings (SSSR count). The molecule has 0 radical (unpaired) electrons. The second kappa shape index (κ2) is 10.4. The highest BCUT2D eigenvalue weighted by atomic mass is 16.7. The summed E-state index contributed by atoms with van der Waals surface area (Å²) in [6, 6.07) is 6.89. The average Bonchev–Trinajstić information content (AvgIpc) is 2.64. The Hall–Kier alpha value is -2.61. The molecule has 0 saturated carbocycles. The zero-order valence-corrected chi connectivity index (χ0v) is 15.6. The number of anilines is 1. The molecule has 1 amide bonds. The van der Waals surface area contributed by atoms with Crippen molar-refractivity contribution in [3.05, 3.63) is 29.8 Å². The molecule has 0 bridgehead atoms. The van der Waals surface area contributed by atoms with Gasteiger partial charge in [-0.25, -0.2) is 4.79 Å². The van der Waals surface area contributed by atoms with Crippen LogP contribution in [-0.4, -0.2) is 37.9 Å². The van der Waals surface area contributed by atoms with E-state index < -0.39 is 18.4 Å². The molecule has 26 heavy (non-hydrogen) atoms. The molecule has 0 heterocycles. The summed E-state index contributed by atoms with van der Waals surface area (Å²) in [5, 5.41) is 0. The number of amides is 1. The molecule has 0 aromatic heterocycles. The number of nitrogens with zero attached hydrogens (tertiary/aromatic N) is 1. The van der Waals surface area contributed by atoms with Crippen LogP contribution in [0.25, 0.3) is 0 Å². The summed E-state index contributed by atoms with van der Waals surface area (Å²) in [6.45, 7) is 5.12. The minimum absolute atomic E-state index is 0.172. The fourth-order valence-corrected chi connectivity index (χ4v) is 1.84. The first-order valence-corrected chi connectivity index (χ1v) is 8.36. The Morgan fingerprint density at radius 2 is 1.69 bits per heavy atom. The van der Waals surface area contributed by atoms with Crippen LogP contribution in [0.15, 0.2) is 24.3 Å². The van der Waals surface area contributed by atoms with Crippen molar-refractivity contribution in [3.8, 4) is 0 Å². The van der Waals surface area contributed by atoms with Crippen LogP contribution in [0.4, 0.5) is 10.5 Å². The van der Waals surface area contributed by atoms with Gasteiger partial charge in [-0.3, -0.25) is 14.5 Å². The van der Waals surface area contributed by atoms with Crippen molar-refractivity contribution in [2.24, 2.45) is 11.7 Å². The number of ether oxygens (including phenoxy) is 3. The summed E-state index contributed by atoms with van der Waals surface area (Å²) in [5.41, 5.74) is 6.59. The summed E-state index contributed by atoms with van der Waals surface area (Å²) in [7, 11) is 1.54. The molecular formula is C18H26N2O6. The van der Waals surface area contributed by atoms with Gasteiger partial charge in [-0.2, -0.15) is 0 Å². The van der Waals surface area contributed by atoms with Crippen molar-refractivity contribution in [1.29, 1.82) is 0 Å². The van der Waals surface area contributed by atoms with Gasteiger partial charge in [-0.1, -0.05) is 32.9 Å². The van der Waals surface area contributed by atoms with E-state index in [4.69, 9.17) is 19.9 Å². The predicted octanol–water partition coefficient (Wildman–Crippen LogP) is 2.20. The van der Waals surface area contributed by atoms with Gasteiger partial charge in [0.15, 0.2) is 0 Å². The first-order valence-electron chi connectivity index (χ1n) is 8.36. The van der Waals surface area contributed by atoms with E-state index in [1.165, 1.54) is 11.9 Å². The Labute approximate surface area is 153 Å². The second-order valence-electron chi connectivity index (χ2n) is 5.93. The number of benzene rings is 1. The third kappa shape index (κ3) is 6.72. The number of rotatable bonds is 8. The smallest absolute Gasteiger partial charge is 0.417 e. The monoisotopic (exact) mass is 366 g/mol. The summed E-state index contributed by atoms with van der Waals surface area (Å²) in [6.07, 6.45) is -1.37. The standard InChI is InChI=1S/C18H26N2O6/c1-5-15(21)24-11-13-6-8-14(9-7-13)20(4)18(23)26-17(12(2)3)25-16(22)10-19/h6-9,12,17H,5,10-11,19H2,1-4H3. The highest BCUT2D eigenvalue weighted by Crippen LogP contribution is 2.18. The molecule has 0 aliphatic carbocycles. The lowest BCUT2D eigenvalue weighted by atomic mass is 10.2. The number of carbonyl (C=O) groups excluding carboxylic acids is 3. The van der Waals surface area contributed by atoms with Gasteiger partial charge < -0.3 is 19.9 Å². The molecule has 2 N–H and O–H groups in total. The largest absolute Gasteiger partial charge is 0.461 e. The van der Waals surface area contributed by atoms with Crippen LogP contribution in [-0.2, 0) is 30.4 Å². The topological polar surface area (TPSA) is 108 Å². The van der Waals surface area contributed by atoms with E-state index in [1.54, 1.807) is 45.0 Å². The van der Waals surface area contributed by atoms with Crippen LogP contribution in [0.2, 0.25) is 0 Å². The fourth-order valence-electron chi connectivity index (χ4n) is 1.84. The Kier molecular flexibility index (Phi) is 8.57. The third-order valence-electron chi connectivity index (χ3n) is 3.46. The Bertz CT molecular complexity index is 615. The van der Waals surface area contributed by atoms with E-state index in [1.807, 2.05) is 0 Å². The highest BCUT2D eigenvalue weighted by Gasteiger charge is 2.24. The van der Waals surface area contributed by atoms with E-state index in [2.05, 4.69) is 0 Å². The van der Waals surface area contributed by atoms with Crippen molar-refractivity contribution in [2.75, 3.05) is 18.5 Å². The van der Waals surface area contributed by atoms with E-state index >= 15 is 0 Å². The highest BCUT2D eigenvalue weighted by molar-refractivity contribution is 5.87. The van der Waals surface area contributed by atoms with E-state index in [-0.39, 0.29) is 25.0 Å². The number of carbonyl (C=O) groups is 3. The molecule has 0 fully saturated rings. The van der Waals surface area contributed by atoms with Crippen LogP contribution >= 0.6 is 0 Å². The lowest BCUT2D eigenvalue weighted by Gasteiger charge is -2.24. The molecule has 144 valence electrons. The quantitative estimate of drug-likeness (QED) is 0.555. The minimum Gasteiger partial charge on any atom is -0.461 e. The Morgan fingerprint density at radius 3 is 2.19 bits per heavy atom. The van der Waals surface area contributed by atoms with Gasteiger partial charge >= 0.3 is 18.0 Å². The third-order valence-corrected chi connectivity index (χ3v) is 3.46. The Morgan fingerprint density at radius 1 is 1.08 bits per heavy atom. The Balaban J connectivity index is 2.68. The zero-order valence-electron chi connectivity index (χ0n) is 15.6. The first-order chi connectivity index (χ1) is 12.3. The van der Waals surface area contributed by atoms with E-state index in [0.717, 1.165) is 5.56 Å². The predicted molar refractivity (Wildman–Crippen MR) is 95.2 cm³/mol. The summed E-state index contributed by atoms with van der Waals surface area (Å²) >= 11 is 0. The fraction of sp³-hybridized carbons (Fsp3) is 0.500. The van der Waals surface area contributed by atoms with Crippen LogP contribution in [0.5, 0.6) is 0 Å². The maximum atomic E-state index is 12.3. The number of nitrogens with two attached hydrogens (primary N) is 1. The molecule has 1 aromatic carbocycles. The summed E-state index contributed by atoms with van der Waals surface area (Å²) in [5.74, 6) is -1.15. The van der Waals surface area contributed by atoms with Gasteiger partial charge in [0.25, 0.3) is 6.29 Å². The summed E-state index contributed by atoms with van der Waals surface area (Å²) in [4.78, 5) is 36.1. The summed E-state index contributed by atoms with van der Waals surface area (Å²) < 4.78 is 15.3. The number of hydrogen-bond donors (Lipinski definition) is 1. The van der Waals surface area contributed by atoms with Crippen molar-refractivity contribution in [1.82, 2.24) is 0 Å². The lowest BCUT2D eigenvalue weighted by molar-refractivity contribution is -0.172. The van der Waals surface area contributed by atoms with E-state index in [0.29, 0.717) is 12.1 Å². The maximum Gasteiger partial charge on any atom is 0.417 e. The molecule has 1 atom stereocenters. The molecule has 8 heteroatoms. The molecule has 1 unspecified atom stereocenters. The van der Waals surface area contributed by atoms with Crippen molar-refractivity contribution in [3.63, 3.8) is 0 Å². The van der Waals surface area contributed by atoms with Crippen LogP contribution < -0.4 is 10.6 Å². The van der Waals surface area contributed by atoms with Crippen LogP contribution in [0.1, 0.15) is 32.8 Å². The van der Waals surface area contributed by atoms with E-state index in [9.17, 15) is 14.4 Å². The average molecular weight is 366 g/mol. The number of hydrogen-bond acceptors (Lipinski definition) is 7. The second-order valence-corrected chi connectivity index (χ2v) is 5.93. The van der Waals surface area contributed by atoms with Gasteiger partial charge in [-0.05, 0) is 17.7 Å². The first kappa shape index (κ1) is 21.4. The normalized spacial score (nSPS) is 11.6. The number of esters is 2. The maximum absolute atomic E-state index is 12.3. The molecule has 1 aromatic rings. The lowest BCUT2D eigenvalue weighted by Crippen LogP contribution is -2.37. The molecule has 0 spiro atoms. The molecule has 0 saturated heterocycles. The van der Waals surface area contributed by atoms with Gasteiger partial charge in [0.1, 0.15) is 6.61 Å². The van der Waals surface area contributed by atoms with Gasteiger partial charge in [0.05, 0.1) is 6.54 Å². The SMILES string of the molecule is CCC(=O)OCc1ccc(N(C)C(=O)OC(OC(=O)CN)C(C)C)cc1. The van der Waals surface area contributed by atoms with Crippen LogP contribution in [0.3, 0.4) is 0 Å². The minimum atomic E-state index is -1.02. The van der Waals surface area contributed by atoms with Gasteiger partial charge in [-0.15, -0.1) is 0 Å². The molecule has 8 nitrogen and oxygen atoms in total. The van der Waals surface area contributed by atoms with Crippen molar-refractivity contribution in [2.45, 2.75) is 40.1 Å². The molecular weight excluding hydrogens is 340 g/mol.